The molecule has 0 aromatic heterocycles. The molecule has 3 aliphatic heterocycles. The Morgan fingerprint density at radius 1 is 0.500 bits per heavy atom. The number of benzene rings is 2. The number of para-hydroxylation sites is 1. The highest BCUT2D eigenvalue weighted by atomic mass is 16.7. The minimum absolute atomic E-state index is 0.0109. The maximum atomic E-state index is 13.9. The summed E-state index contributed by atoms with van der Waals surface area (Å²) >= 11 is 0. The van der Waals surface area contributed by atoms with E-state index in [1.165, 1.54) is 36.4 Å². The molecule has 0 spiro atoms. The minimum atomic E-state index is -1.90. The van der Waals surface area contributed by atoms with E-state index in [1.807, 2.05) is 0 Å². The molecule has 12 N–H and O–H groups in total. The predicted octanol–water partition coefficient (Wildman–Crippen LogP) is -5.42. The standard InChI is InChI=1S/C32H42O20/c33-8-16-20(36)23(39)26(42)30(50-16)47-13-5-2-1-4-12(13)11-46-29(45)19-14(48-31-27(43)24(40)21(37)17(9-34)51-31)6-3-7-15(19)49-32-28(44)25(41)22(38)18(10-35)52-32/h1-7,16-18,20-28,30-44H,8-11H2/t16-,17-,18-,20-,21-,22-,23+,24+,25+,26-,27-,28-,30-,31-,32-/m1/s1. The first kappa shape index (κ1) is 39.9. The van der Waals surface area contributed by atoms with Gasteiger partial charge in [0, 0.05) is 5.56 Å². The third-order valence-corrected chi connectivity index (χ3v) is 8.80. The molecule has 2 aromatic carbocycles. The maximum absolute atomic E-state index is 13.9. The summed E-state index contributed by atoms with van der Waals surface area (Å²) in [6.45, 7) is -2.84. The fourth-order valence-electron chi connectivity index (χ4n) is 5.73. The normalized spacial score (nSPS) is 38.0. The molecule has 15 atom stereocenters. The summed E-state index contributed by atoms with van der Waals surface area (Å²) < 4.78 is 39.0. The summed E-state index contributed by atoms with van der Waals surface area (Å²) in [7, 11) is 0. The van der Waals surface area contributed by atoms with Crippen molar-refractivity contribution in [2.24, 2.45) is 0 Å². The van der Waals surface area contributed by atoms with Crippen LogP contribution in [0, 0.1) is 0 Å². The van der Waals surface area contributed by atoms with Crippen LogP contribution in [0.5, 0.6) is 17.2 Å². The summed E-state index contributed by atoms with van der Waals surface area (Å²) in [5.41, 5.74) is -0.361. The summed E-state index contributed by atoms with van der Waals surface area (Å²) in [5.74, 6) is -2.03. The van der Waals surface area contributed by atoms with Crippen LogP contribution >= 0.6 is 0 Å². The summed E-state index contributed by atoms with van der Waals surface area (Å²) in [6.07, 6.45) is -25.2. The molecule has 3 saturated heterocycles. The van der Waals surface area contributed by atoms with Gasteiger partial charge in [0.1, 0.15) is 103 Å². The number of carbonyl (C=O) groups excluding carboxylic acids is 1. The Bertz CT molecular complexity index is 1420. The van der Waals surface area contributed by atoms with E-state index in [0.29, 0.717) is 0 Å². The SMILES string of the molecule is O=C(OCc1ccccc1O[C@@H]1O[C@H](CO)[C@@H](O)[C@H](O)[C@H]1O)c1c(O[C@@H]2O[C@H](CO)[C@@H](O)[C@H](O)[C@H]2O)cccc1O[C@@H]1O[C@H](CO)[C@@H](O)[C@H](O)[C@H]1O. The summed E-state index contributed by atoms with van der Waals surface area (Å²) in [4.78, 5) is 13.9. The average molecular weight is 747 g/mol. The number of hydrogen-bond acceptors (Lipinski definition) is 20. The van der Waals surface area contributed by atoms with Crippen LogP contribution in [-0.4, -0.2) is 179 Å². The van der Waals surface area contributed by atoms with E-state index < -0.39 is 142 Å². The lowest BCUT2D eigenvalue weighted by Crippen LogP contribution is -2.60. The van der Waals surface area contributed by atoms with Gasteiger partial charge in [-0.25, -0.2) is 4.79 Å². The molecule has 3 fully saturated rings. The maximum Gasteiger partial charge on any atom is 0.346 e. The first-order valence-corrected chi connectivity index (χ1v) is 16.1. The highest BCUT2D eigenvalue weighted by molar-refractivity contribution is 5.95. The van der Waals surface area contributed by atoms with Gasteiger partial charge in [-0.15, -0.1) is 0 Å². The predicted molar refractivity (Wildman–Crippen MR) is 165 cm³/mol. The van der Waals surface area contributed by atoms with Crippen LogP contribution in [0.4, 0.5) is 0 Å². The zero-order valence-corrected chi connectivity index (χ0v) is 27.2. The quantitative estimate of drug-likeness (QED) is 0.0902. The van der Waals surface area contributed by atoms with Crippen LogP contribution in [0.25, 0.3) is 0 Å². The fraction of sp³-hybridized carbons (Fsp3) is 0.594. The van der Waals surface area contributed by atoms with Crippen LogP contribution in [0.3, 0.4) is 0 Å². The Balaban J connectivity index is 1.42. The molecular weight excluding hydrogens is 704 g/mol. The van der Waals surface area contributed by atoms with Crippen molar-refractivity contribution in [1.82, 2.24) is 0 Å². The Labute approximate surface area is 294 Å². The Kier molecular flexibility index (Phi) is 13.2. The van der Waals surface area contributed by atoms with E-state index in [4.69, 9.17) is 33.2 Å². The number of hydrogen-bond donors (Lipinski definition) is 12. The van der Waals surface area contributed by atoms with Crippen LogP contribution in [0.15, 0.2) is 42.5 Å². The molecule has 290 valence electrons. The topological polar surface area (TPSA) is 324 Å². The molecule has 20 heteroatoms. The number of aliphatic hydroxyl groups excluding tert-OH is 12. The molecule has 0 unspecified atom stereocenters. The molecule has 20 nitrogen and oxygen atoms in total. The molecule has 52 heavy (non-hydrogen) atoms. The number of rotatable bonds is 12. The molecule has 2 aromatic rings. The van der Waals surface area contributed by atoms with E-state index in [9.17, 15) is 66.1 Å². The Morgan fingerprint density at radius 2 is 0.865 bits per heavy atom. The van der Waals surface area contributed by atoms with Crippen LogP contribution in [-0.2, 0) is 25.6 Å². The van der Waals surface area contributed by atoms with E-state index in [0.717, 1.165) is 0 Å². The number of esters is 1. The van der Waals surface area contributed by atoms with Crippen LogP contribution < -0.4 is 14.2 Å². The van der Waals surface area contributed by atoms with Crippen molar-refractivity contribution in [2.45, 2.75) is 98.7 Å². The third kappa shape index (κ3) is 8.26. The second-order valence-electron chi connectivity index (χ2n) is 12.3. The zero-order valence-electron chi connectivity index (χ0n) is 27.2. The molecule has 3 aliphatic rings. The minimum Gasteiger partial charge on any atom is -0.462 e. The average Bonchev–Trinajstić information content (AvgIpc) is 3.14. The second kappa shape index (κ2) is 17.2. The lowest BCUT2D eigenvalue weighted by atomic mass is 9.99. The van der Waals surface area contributed by atoms with Crippen molar-refractivity contribution < 1.29 is 99.2 Å². The van der Waals surface area contributed by atoms with Gasteiger partial charge in [-0.2, -0.15) is 0 Å². The van der Waals surface area contributed by atoms with Gasteiger partial charge in [0.2, 0.25) is 18.9 Å². The van der Waals surface area contributed by atoms with Gasteiger partial charge in [0.25, 0.3) is 0 Å². The smallest absolute Gasteiger partial charge is 0.346 e. The van der Waals surface area contributed by atoms with Crippen molar-refractivity contribution >= 4 is 5.97 Å². The molecule has 5 rings (SSSR count). The van der Waals surface area contributed by atoms with Gasteiger partial charge in [0.05, 0.1) is 19.8 Å². The molecule has 0 amide bonds. The molecule has 0 bridgehead atoms. The van der Waals surface area contributed by atoms with Gasteiger partial charge >= 0.3 is 5.97 Å². The van der Waals surface area contributed by atoms with E-state index in [-0.39, 0.29) is 11.3 Å². The van der Waals surface area contributed by atoms with Gasteiger partial charge in [-0.3, -0.25) is 0 Å². The highest BCUT2D eigenvalue weighted by Crippen LogP contribution is 2.36. The van der Waals surface area contributed by atoms with Gasteiger partial charge in [0.15, 0.2) is 0 Å². The summed E-state index contributed by atoms with van der Waals surface area (Å²) in [5, 5.41) is 121. The van der Waals surface area contributed by atoms with Gasteiger partial charge in [-0.1, -0.05) is 24.3 Å². The Hall–Kier alpha value is -3.29. The van der Waals surface area contributed by atoms with Crippen LogP contribution in [0.2, 0.25) is 0 Å². The van der Waals surface area contributed by atoms with E-state index in [1.54, 1.807) is 6.07 Å². The van der Waals surface area contributed by atoms with Crippen molar-refractivity contribution in [3.63, 3.8) is 0 Å². The van der Waals surface area contributed by atoms with Gasteiger partial charge < -0.3 is 94.4 Å². The molecule has 3 heterocycles. The second-order valence-corrected chi connectivity index (χ2v) is 12.3. The van der Waals surface area contributed by atoms with Crippen molar-refractivity contribution in [3.05, 3.63) is 53.6 Å². The number of carbonyl (C=O) groups is 1. The first-order chi connectivity index (χ1) is 24.8. The largest absolute Gasteiger partial charge is 0.462 e. The van der Waals surface area contributed by atoms with E-state index in [2.05, 4.69) is 0 Å². The monoisotopic (exact) mass is 746 g/mol. The third-order valence-electron chi connectivity index (χ3n) is 8.80. The molecule has 0 radical (unpaired) electrons. The van der Waals surface area contributed by atoms with Gasteiger partial charge in [-0.05, 0) is 18.2 Å². The van der Waals surface area contributed by atoms with Crippen LogP contribution in [0.1, 0.15) is 15.9 Å². The lowest BCUT2D eigenvalue weighted by Gasteiger charge is -2.40. The van der Waals surface area contributed by atoms with Crippen molar-refractivity contribution in [3.8, 4) is 17.2 Å². The van der Waals surface area contributed by atoms with Crippen molar-refractivity contribution in [2.75, 3.05) is 19.8 Å². The zero-order chi connectivity index (χ0) is 37.9. The highest BCUT2D eigenvalue weighted by Gasteiger charge is 2.48. The number of aliphatic hydroxyl groups is 12. The molecular formula is C32H42O20. The number of ether oxygens (including phenoxy) is 7. The Morgan fingerprint density at radius 3 is 1.27 bits per heavy atom. The molecule has 0 saturated carbocycles. The van der Waals surface area contributed by atoms with E-state index >= 15 is 0 Å². The molecule has 0 aliphatic carbocycles. The van der Waals surface area contributed by atoms with Crippen molar-refractivity contribution in [1.29, 1.82) is 0 Å². The fourth-order valence-corrected chi connectivity index (χ4v) is 5.73. The lowest BCUT2D eigenvalue weighted by molar-refractivity contribution is -0.278. The summed E-state index contributed by atoms with van der Waals surface area (Å²) in [6, 6.07) is 9.65. The first-order valence-electron chi connectivity index (χ1n) is 16.1.